The van der Waals surface area contributed by atoms with Crippen LogP contribution in [0, 0.1) is 0 Å². The Morgan fingerprint density at radius 3 is 2.68 bits per heavy atom. The number of nitrogens with zero attached hydrogens (tertiary/aromatic N) is 3. The maximum atomic E-state index is 5.22. The second kappa shape index (κ2) is 5.69. The van der Waals surface area contributed by atoms with Crippen LogP contribution in [0.25, 0.3) is 11.0 Å². The van der Waals surface area contributed by atoms with Crippen LogP contribution in [0.3, 0.4) is 0 Å². The van der Waals surface area contributed by atoms with Gasteiger partial charge in [0.15, 0.2) is 5.82 Å². The Bertz CT molecular complexity index is 593. The number of anilines is 1. The molecule has 0 radical (unpaired) electrons. The van der Waals surface area contributed by atoms with Crippen LogP contribution in [0.4, 0.5) is 5.82 Å². The highest BCUT2D eigenvalue weighted by Crippen LogP contribution is 2.23. The molecule has 0 unspecified atom stereocenters. The Hall–Kier alpha value is -2.10. The fourth-order valence-electron chi connectivity index (χ4n) is 1.95. The first-order valence-electron chi connectivity index (χ1n) is 6.28. The van der Waals surface area contributed by atoms with Crippen LogP contribution in [0.15, 0.2) is 30.9 Å². The van der Waals surface area contributed by atoms with Gasteiger partial charge in [0.05, 0.1) is 23.8 Å². The summed E-state index contributed by atoms with van der Waals surface area (Å²) < 4.78 is 5.22. The number of ether oxygens (including phenoxy) is 1. The van der Waals surface area contributed by atoms with Crippen LogP contribution in [-0.2, 0) is 6.42 Å². The van der Waals surface area contributed by atoms with Crippen molar-refractivity contribution < 1.29 is 4.74 Å². The average molecular weight is 257 g/mol. The molecule has 1 aromatic carbocycles. The van der Waals surface area contributed by atoms with Crippen LogP contribution in [0.1, 0.15) is 12.1 Å². The molecule has 0 fully saturated rings. The van der Waals surface area contributed by atoms with Crippen molar-refractivity contribution >= 4 is 16.9 Å². The largest absolute Gasteiger partial charge is 0.497 e. The number of hydrogen-bond acceptors (Lipinski definition) is 4. The monoisotopic (exact) mass is 257 g/mol. The summed E-state index contributed by atoms with van der Waals surface area (Å²) in [6.45, 7) is 3.76. The van der Waals surface area contributed by atoms with Gasteiger partial charge in [-0.05, 0) is 25.0 Å². The first-order valence-corrected chi connectivity index (χ1v) is 6.28. The summed E-state index contributed by atoms with van der Waals surface area (Å²) in [5.41, 5.74) is 2.75. The van der Waals surface area contributed by atoms with Crippen LogP contribution >= 0.6 is 0 Å². The van der Waals surface area contributed by atoms with Gasteiger partial charge in [0, 0.05) is 20.2 Å². The van der Waals surface area contributed by atoms with Gasteiger partial charge in [-0.1, -0.05) is 6.08 Å². The highest BCUT2D eigenvalue weighted by atomic mass is 16.5. The first kappa shape index (κ1) is 13.3. The molecular weight excluding hydrogens is 238 g/mol. The van der Waals surface area contributed by atoms with Gasteiger partial charge in [0.1, 0.15) is 5.75 Å². The third-order valence-electron chi connectivity index (χ3n) is 2.93. The van der Waals surface area contributed by atoms with Gasteiger partial charge in [-0.25, -0.2) is 9.97 Å². The van der Waals surface area contributed by atoms with Crippen molar-refractivity contribution in [1.82, 2.24) is 9.97 Å². The number of benzene rings is 1. The van der Waals surface area contributed by atoms with Crippen LogP contribution in [-0.4, -0.2) is 31.2 Å². The third kappa shape index (κ3) is 2.84. The van der Waals surface area contributed by atoms with Crippen molar-refractivity contribution in [1.29, 1.82) is 0 Å². The van der Waals surface area contributed by atoms with E-state index in [0.717, 1.165) is 41.1 Å². The zero-order chi connectivity index (χ0) is 13.8. The molecule has 1 heterocycles. The van der Waals surface area contributed by atoms with E-state index in [1.54, 1.807) is 7.11 Å². The van der Waals surface area contributed by atoms with E-state index < -0.39 is 0 Å². The molecule has 0 amide bonds. The lowest BCUT2D eigenvalue weighted by Crippen LogP contribution is -2.14. The topological polar surface area (TPSA) is 38.3 Å². The Morgan fingerprint density at radius 1 is 1.26 bits per heavy atom. The number of aryl methyl sites for hydroxylation is 1. The Balaban J connectivity index is 2.54. The molecule has 0 aliphatic rings. The number of aromatic nitrogens is 2. The van der Waals surface area contributed by atoms with E-state index in [0.29, 0.717) is 0 Å². The van der Waals surface area contributed by atoms with E-state index in [-0.39, 0.29) is 0 Å². The van der Waals surface area contributed by atoms with E-state index in [1.807, 2.05) is 43.3 Å². The van der Waals surface area contributed by atoms with Crippen LogP contribution < -0.4 is 9.64 Å². The van der Waals surface area contributed by atoms with Gasteiger partial charge in [-0.15, -0.1) is 6.58 Å². The zero-order valence-electron chi connectivity index (χ0n) is 11.7. The van der Waals surface area contributed by atoms with Crippen molar-refractivity contribution in [2.24, 2.45) is 0 Å². The van der Waals surface area contributed by atoms with Crippen molar-refractivity contribution in [2.75, 3.05) is 26.1 Å². The van der Waals surface area contributed by atoms with Gasteiger partial charge in [-0.3, -0.25) is 0 Å². The SMILES string of the molecule is C=CCCc1nc2ccc(OC)cc2nc1N(C)C. The van der Waals surface area contributed by atoms with Crippen molar-refractivity contribution in [3.05, 3.63) is 36.5 Å². The summed E-state index contributed by atoms with van der Waals surface area (Å²) in [6.07, 6.45) is 3.66. The summed E-state index contributed by atoms with van der Waals surface area (Å²) in [7, 11) is 5.61. The molecular formula is C15H19N3O. The van der Waals surface area contributed by atoms with Crippen molar-refractivity contribution in [2.45, 2.75) is 12.8 Å². The summed E-state index contributed by atoms with van der Waals surface area (Å²) >= 11 is 0. The van der Waals surface area contributed by atoms with E-state index in [2.05, 4.69) is 11.6 Å². The van der Waals surface area contributed by atoms with E-state index >= 15 is 0 Å². The van der Waals surface area contributed by atoms with Crippen molar-refractivity contribution in [3.63, 3.8) is 0 Å². The minimum absolute atomic E-state index is 0.797. The predicted octanol–water partition coefficient (Wildman–Crippen LogP) is 2.82. The highest BCUT2D eigenvalue weighted by Gasteiger charge is 2.10. The zero-order valence-corrected chi connectivity index (χ0v) is 11.7. The second-order valence-electron chi connectivity index (χ2n) is 4.57. The minimum Gasteiger partial charge on any atom is -0.497 e. The maximum Gasteiger partial charge on any atom is 0.150 e. The maximum absolute atomic E-state index is 5.22. The highest BCUT2D eigenvalue weighted by molar-refractivity contribution is 5.78. The number of fused-ring (bicyclic) bond motifs is 1. The molecule has 100 valence electrons. The lowest BCUT2D eigenvalue weighted by Gasteiger charge is -2.16. The predicted molar refractivity (Wildman–Crippen MR) is 78.9 cm³/mol. The number of methoxy groups -OCH3 is 1. The summed E-state index contributed by atoms with van der Waals surface area (Å²) in [5, 5.41) is 0. The molecule has 4 heteroatoms. The molecule has 0 saturated heterocycles. The van der Waals surface area contributed by atoms with Gasteiger partial charge in [0.2, 0.25) is 0 Å². The Morgan fingerprint density at radius 2 is 2.05 bits per heavy atom. The molecule has 0 N–H and O–H groups in total. The average Bonchev–Trinajstić information content (AvgIpc) is 2.43. The molecule has 0 atom stereocenters. The van der Waals surface area contributed by atoms with Gasteiger partial charge in [0.25, 0.3) is 0 Å². The fraction of sp³-hybridized carbons (Fsp3) is 0.333. The molecule has 0 saturated carbocycles. The summed E-state index contributed by atoms with van der Waals surface area (Å²) in [4.78, 5) is 11.4. The van der Waals surface area contributed by atoms with Gasteiger partial charge >= 0.3 is 0 Å². The van der Waals surface area contributed by atoms with E-state index in [1.165, 1.54) is 0 Å². The van der Waals surface area contributed by atoms with E-state index in [4.69, 9.17) is 9.72 Å². The number of allylic oxidation sites excluding steroid dienone is 1. The van der Waals surface area contributed by atoms with Crippen molar-refractivity contribution in [3.8, 4) is 5.75 Å². The fourth-order valence-corrected chi connectivity index (χ4v) is 1.95. The minimum atomic E-state index is 0.797. The third-order valence-corrected chi connectivity index (χ3v) is 2.93. The number of hydrogen-bond donors (Lipinski definition) is 0. The molecule has 0 aliphatic carbocycles. The normalized spacial score (nSPS) is 10.5. The quantitative estimate of drug-likeness (QED) is 0.772. The molecule has 2 rings (SSSR count). The van der Waals surface area contributed by atoms with Gasteiger partial charge < -0.3 is 9.64 Å². The van der Waals surface area contributed by atoms with Crippen LogP contribution in [0.2, 0.25) is 0 Å². The summed E-state index contributed by atoms with van der Waals surface area (Å²) in [6, 6.07) is 5.76. The Kier molecular flexibility index (Phi) is 4.00. The van der Waals surface area contributed by atoms with E-state index in [9.17, 15) is 0 Å². The summed E-state index contributed by atoms with van der Waals surface area (Å²) in [5.74, 6) is 1.70. The molecule has 0 spiro atoms. The molecule has 19 heavy (non-hydrogen) atoms. The molecule has 0 aliphatic heterocycles. The first-order chi connectivity index (χ1) is 9.15. The van der Waals surface area contributed by atoms with Gasteiger partial charge in [-0.2, -0.15) is 0 Å². The molecule has 4 nitrogen and oxygen atoms in total. The standard InChI is InChI=1S/C15H19N3O/c1-5-6-7-13-15(18(2)3)17-14-10-11(19-4)8-9-12(14)16-13/h5,8-10H,1,6-7H2,2-4H3. The molecule has 0 bridgehead atoms. The lowest BCUT2D eigenvalue weighted by atomic mass is 10.2. The Labute approximate surface area is 113 Å². The van der Waals surface area contributed by atoms with Crippen LogP contribution in [0.5, 0.6) is 5.75 Å². The molecule has 2 aromatic rings. The lowest BCUT2D eigenvalue weighted by molar-refractivity contribution is 0.415. The smallest absolute Gasteiger partial charge is 0.150 e. The second-order valence-corrected chi connectivity index (χ2v) is 4.57. The number of rotatable bonds is 5. The molecule has 1 aromatic heterocycles.